The Morgan fingerprint density at radius 1 is 1.23 bits per heavy atom. The average molecular weight is 308 g/mol. The maximum absolute atomic E-state index is 12.6. The highest BCUT2D eigenvalue weighted by atomic mass is 16.6. The quantitative estimate of drug-likeness (QED) is 0.757. The van der Waals surface area contributed by atoms with Gasteiger partial charge in [0.2, 0.25) is 6.29 Å². The molecule has 0 aliphatic carbocycles. The molecule has 0 saturated carbocycles. The standard InChI is InChI=1S/C14H18N3O5/c1-21-11-9-16(8-10-18)14(20)17(13(19)15-22-2)12-6-4-3-5-7-12/h3-7H,8-9,11H2,1-2H3,(H,15,19). The summed E-state index contributed by atoms with van der Waals surface area (Å²) in [4.78, 5) is 41.9. The second-order valence-electron chi connectivity index (χ2n) is 4.12. The Labute approximate surface area is 128 Å². The highest BCUT2D eigenvalue weighted by molar-refractivity contribution is 6.13. The van der Waals surface area contributed by atoms with Crippen molar-refractivity contribution in [1.82, 2.24) is 10.4 Å². The van der Waals surface area contributed by atoms with E-state index in [0.29, 0.717) is 5.69 Å². The van der Waals surface area contributed by atoms with Crippen molar-refractivity contribution in [3.63, 3.8) is 0 Å². The molecule has 0 heterocycles. The van der Waals surface area contributed by atoms with Gasteiger partial charge in [-0.3, -0.25) is 9.63 Å². The SMILES string of the molecule is COCCN(C[C]=O)C(=O)N(C(=O)NOC)c1ccccc1. The van der Waals surface area contributed by atoms with Crippen LogP contribution in [0.5, 0.6) is 0 Å². The summed E-state index contributed by atoms with van der Waals surface area (Å²) in [6.07, 6.45) is 1.64. The van der Waals surface area contributed by atoms with E-state index in [1.165, 1.54) is 14.2 Å². The maximum Gasteiger partial charge on any atom is 0.354 e. The number of hydrogen-bond donors (Lipinski definition) is 1. The number of para-hydroxylation sites is 1. The Balaban J connectivity index is 3.04. The Bertz CT molecular complexity index is 495. The van der Waals surface area contributed by atoms with E-state index in [9.17, 15) is 14.4 Å². The predicted octanol–water partition coefficient (Wildman–Crippen LogP) is 0.942. The summed E-state index contributed by atoms with van der Waals surface area (Å²) in [6.45, 7) is 0.0991. The van der Waals surface area contributed by atoms with E-state index in [1.807, 2.05) is 0 Å². The molecule has 1 N–H and O–H groups in total. The van der Waals surface area contributed by atoms with Crippen molar-refractivity contribution in [2.75, 3.05) is 38.8 Å². The van der Waals surface area contributed by atoms with E-state index >= 15 is 0 Å². The van der Waals surface area contributed by atoms with Crippen molar-refractivity contribution >= 4 is 24.0 Å². The van der Waals surface area contributed by atoms with Crippen LogP contribution >= 0.6 is 0 Å². The molecule has 8 heteroatoms. The number of rotatable bonds is 7. The fraction of sp³-hybridized carbons (Fsp3) is 0.357. The summed E-state index contributed by atoms with van der Waals surface area (Å²) < 4.78 is 4.89. The molecule has 0 aliphatic heterocycles. The third-order valence-corrected chi connectivity index (χ3v) is 2.69. The topological polar surface area (TPSA) is 88.2 Å². The van der Waals surface area contributed by atoms with Crippen LogP contribution in [-0.4, -0.2) is 57.2 Å². The third-order valence-electron chi connectivity index (χ3n) is 2.69. The number of nitrogens with one attached hydrogen (secondary N) is 1. The van der Waals surface area contributed by atoms with Gasteiger partial charge in [0.15, 0.2) is 0 Å². The van der Waals surface area contributed by atoms with Gasteiger partial charge in [-0.05, 0) is 12.1 Å². The molecule has 119 valence electrons. The average Bonchev–Trinajstić information content (AvgIpc) is 2.53. The Hall–Kier alpha value is -2.45. The van der Waals surface area contributed by atoms with Crippen molar-refractivity contribution < 1.29 is 24.0 Å². The van der Waals surface area contributed by atoms with Crippen LogP contribution in [0.15, 0.2) is 30.3 Å². The first-order valence-corrected chi connectivity index (χ1v) is 6.46. The van der Waals surface area contributed by atoms with Crippen LogP contribution in [0.1, 0.15) is 0 Å². The van der Waals surface area contributed by atoms with Gasteiger partial charge in [0.05, 0.1) is 25.9 Å². The van der Waals surface area contributed by atoms with Crippen LogP contribution in [-0.2, 0) is 14.4 Å². The predicted molar refractivity (Wildman–Crippen MR) is 79.0 cm³/mol. The molecule has 0 fully saturated rings. The molecule has 0 aromatic heterocycles. The van der Waals surface area contributed by atoms with Gasteiger partial charge >= 0.3 is 12.1 Å². The molecule has 0 saturated heterocycles. The first-order valence-electron chi connectivity index (χ1n) is 6.46. The minimum absolute atomic E-state index is 0.147. The fourth-order valence-electron chi connectivity index (χ4n) is 1.69. The van der Waals surface area contributed by atoms with Crippen molar-refractivity contribution in [1.29, 1.82) is 0 Å². The molecule has 0 aliphatic rings. The maximum atomic E-state index is 12.6. The number of urea groups is 2. The fourth-order valence-corrected chi connectivity index (χ4v) is 1.69. The summed E-state index contributed by atoms with van der Waals surface area (Å²) in [5, 5.41) is 0. The summed E-state index contributed by atoms with van der Waals surface area (Å²) in [6, 6.07) is 6.84. The molecule has 0 bridgehead atoms. The van der Waals surface area contributed by atoms with Gasteiger partial charge in [0, 0.05) is 13.7 Å². The summed E-state index contributed by atoms with van der Waals surface area (Å²) in [7, 11) is 2.73. The minimum Gasteiger partial charge on any atom is -0.383 e. The Morgan fingerprint density at radius 3 is 2.45 bits per heavy atom. The first kappa shape index (κ1) is 17.6. The lowest BCUT2D eigenvalue weighted by Crippen LogP contribution is -2.51. The zero-order valence-corrected chi connectivity index (χ0v) is 12.4. The lowest BCUT2D eigenvalue weighted by Gasteiger charge is -2.27. The lowest BCUT2D eigenvalue weighted by atomic mass is 10.3. The number of nitrogens with zero attached hydrogens (tertiary/aromatic N) is 2. The molecule has 0 spiro atoms. The molecule has 1 rings (SSSR count). The van der Waals surface area contributed by atoms with E-state index < -0.39 is 12.1 Å². The van der Waals surface area contributed by atoms with Crippen LogP contribution < -0.4 is 10.4 Å². The second-order valence-corrected chi connectivity index (χ2v) is 4.12. The number of ether oxygens (including phenoxy) is 1. The second kappa shape index (κ2) is 9.48. The number of carbonyl (C=O) groups is 2. The zero-order chi connectivity index (χ0) is 16.4. The van der Waals surface area contributed by atoms with Gasteiger partial charge in [0.1, 0.15) is 0 Å². The number of hydrogen-bond acceptors (Lipinski definition) is 5. The number of amides is 4. The normalized spacial score (nSPS) is 9.91. The van der Waals surface area contributed by atoms with E-state index in [2.05, 4.69) is 10.3 Å². The number of benzene rings is 1. The molecular weight excluding hydrogens is 290 g/mol. The van der Waals surface area contributed by atoms with E-state index in [-0.39, 0.29) is 19.7 Å². The molecule has 1 aromatic rings. The summed E-state index contributed by atoms with van der Waals surface area (Å²) >= 11 is 0. The number of hydroxylamine groups is 1. The highest BCUT2D eigenvalue weighted by Gasteiger charge is 2.28. The van der Waals surface area contributed by atoms with E-state index in [1.54, 1.807) is 36.6 Å². The smallest absolute Gasteiger partial charge is 0.354 e. The molecule has 0 unspecified atom stereocenters. The van der Waals surface area contributed by atoms with Crippen molar-refractivity contribution in [2.45, 2.75) is 0 Å². The minimum atomic E-state index is -0.771. The molecule has 1 aromatic carbocycles. The Kier molecular flexibility index (Phi) is 7.58. The number of methoxy groups -OCH3 is 1. The number of carbonyl (C=O) groups excluding carboxylic acids is 3. The summed E-state index contributed by atoms with van der Waals surface area (Å²) in [5.41, 5.74) is 2.43. The molecule has 1 radical (unpaired) electrons. The van der Waals surface area contributed by atoms with Crippen molar-refractivity contribution in [2.24, 2.45) is 0 Å². The zero-order valence-electron chi connectivity index (χ0n) is 12.4. The Morgan fingerprint density at radius 2 is 1.91 bits per heavy atom. The van der Waals surface area contributed by atoms with Gasteiger partial charge < -0.3 is 9.64 Å². The van der Waals surface area contributed by atoms with Crippen LogP contribution in [0.25, 0.3) is 0 Å². The van der Waals surface area contributed by atoms with Crippen molar-refractivity contribution in [3.05, 3.63) is 30.3 Å². The first-order chi connectivity index (χ1) is 10.7. The van der Waals surface area contributed by atoms with E-state index in [0.717, 1.165) is 9.80 Å². The van der Waals surface area contributed by atoms with Gasteiger partial charge in [-0.1, -0.05) is 18.2 Å². The highest BCUT2D eigenvalue weighted by Crippen LogP contribution is 2.15. The van der Waals surface area contributed by atoms with Crippen LogP contribution in [0, 0.1) is 0 Å². The van der Waals surface area contributed by atoms with Gasteiger partial charge in [0.25, 0.3) is 0 Å². The molecular formula is C14H18N3O5. The third kappa shape index (κ3) is 4.83. The van der Waals surface area contributed by atoms with Crippen LogP contribution in [0.2, 0.25) is 0 Å². The number of imide groups is 1. The lowest BCUT2D eigenvalue weighted by molar-refractivity contribution is 0.110. The monoisotopic (exact) mass is 308 g/mol. The van der Waals surface area contributed by atoms with E-state index in [4.69, 9.17) is 4.74 Å². The number of anilines is 1. The summed E-state index contributed by atoms with van der Waals surface area (Å²) in [5.74, 6) is 0. The van der Waals surface area contributed by atoms with Gasteiger partial charge in [-0.15, -0.1) is 0 Å². The largest absolute Gasteiger partial charge is 0.383 e. The molecule has 4 amide bonds. The van der Waals surface area contributed by atoms with Gasteiger partial charge in [-0.25, -0.2) is 20.0 Å². The van der Waals surface area contributed by atoms with Gasteiger partial charge in [-0.2, -0.15) is 0 Å². The molecule has 8 nitrogen and oxygen atoms in total. The molecule has 0 atom stereocenters. The van der Waals surface area contributed by atoms with Crippen LogP contribution in [0.4, 0.5) is 15.3 Å². The molecule has 22 heavy (non-hydrogen) atoms. The van der Waals surface area contributed by atoms with Crippen LogP contribution in [0.3, 0.4) is 0 Å². The van der Waals surface area contributed by atoms with Crippen molar-refractivity contribution in [3.8, 4) is 0 Å².